The van der Waals surface area contributed by atoms with E-state index >= 15 is 0 Å². The van der Waals surface area contributed by atoms with Crippen molar-refractivity contribution in [3.8, 4) is 5.88 Å². The summed E-state index contributed by atoms with van der Waals surface area (Å²) in [6.45, 7) is 0. The van der Waals surface area contributed by atoms with E-state index < -0.39 is 11.9 Å². The predicted molar refractivity (Wildman–Crippen MR) is 93.1 cm³/mol. The fraction of sp³-hybridized carbons (Fsp3) is 0.176. The van der Waals surface area contributed by atoms with Crippen molar-refractivity contribution in [1.82, 2.24) is 9.97 Å². The number of hydrogen-bond donors (Lipinski definition) is 0. The van der Waals surface area contributed by atoms with Crippen LogP contribution in [-0.2, 0) is 12.6 Å². The number of methoxy groups -OCH3 is 1. The van der Waals surface area contributed by atoms with Crippen LogP contribution in [0.15, 0.2) is 41.0 Å². The first-order valence-corrected chi connectivity index (χ1v) is 8.30. The molecular weight excluding hydrogens is 421 g/mol. The first-order valence-electron chi connectivity index (χ1n) is 7.13. The van der Waals surface area contributed by atoms with Gasteiger partial charge in [-0.1, -0.05) is 33.6 Å². The molecule has 1 aromatic carbocycles. The van der Waals surface area contributed by atoms with Crippen LogP contribution in [0.1, 0.15) is 16.8 Å². The molecule has 2 aromatic heterocycles. The van der Waals surface area contributed by atoms with Crippen LogP contribution in [0.25, 0.3) is 10.9 Å². The number of nitrogens with zero attached hydrogens (tertiary/aromatic N) is 2. The zero-order chi connectivity index (χ0) is 18.2. The number of alkyl halides is 3. The summed E-state index contributed by atoms with van der Waals surface area (Å²) in [6.07, 6.45) is -3.03. The Hall–Kier alpha value is -1.86. The molecule has 8 heteroatoms. The van der Waals surface area contributed by atoms with Gasteiger partial charge in [0.2, 0.25) is 5.88 Å². The Morgan fingerprint density at radius 1 is 1.20 bits per heavy atom. The summed E-state index contributed by atoms with van der Waals surface area (Å²) in [7, 11) is 1.47. The largest absolute Gasteiger partial charge is 0.481 e. The molecule has 0 radical (unpaired) electrons. The number of hydrogen-bond acceptors (Lipinski definition) is 3. The highest BCUT2D eigenvalue weighted by molar-refractivity contribution is 9.10. The zero-order valence-corrected chi connectivity index (χ0v) is 15.2. The lowest BCUT2D eigenvalue weighted by atomic mass is 10.0. The van der Waals surface area contributed by atoms with Crippen molar-refractivity contribution in [3.05, 3.63) is 62.8 Å². The van der Waals surface area contributed by atoms with Crippen LogP contribution >= 0.6 is 27.5 Å². The number of rotatable bonds is 3. The van der Waals surface area contributed by atoms with Crippen LogP contribution in [0.3, 0.4) is 0 Å². The van der Waals surface area contributed by atoms with Gasteiger partial charge < -0.3 is 4.74 Å². The Morgan fingerprint density at radius 3 is 2.56 bits per heavy atom. The van der Waals surface area contributed by atoms with E-state index in [0.717, 1.165) is 15.9 Å². The lowest BCUT2D eigenvalue weighted by molar-refractivity contribution is -0.141. The van der Waals surface area contributed by atoms with E-state index in [9.17, 15) is 13.2 Å². The number of ether oxygens (including phenoxy) is 1. The van der Waals surface area contributed by atoms with E-state index in [1.54, 1.807) is 6.07 Å². The second-order valence-corrected chi connectivity index (χ2v) is 6.59. The molecule has 0 atom stereocenters. The van der Waals surface area contributed by atoms with Gasteiger partial charge in [0.05, 0.1) is 17.6 Å². The standard InChI is InChI=1S/C17H11BrClF3N2O/c1-25-16-12(6-9-2-5-14(23-8-9)17(20,21)22)15(19)11-7-10(18)3-4-13(11)24-16/h2-5,7-8H,6H2,1H3. The Bertz CT molecular complexity index is 930. The molecule has 3 aromatic rings. The van der Waals surface area contributed by atoms with Crippen LogP contribution in [-0.4, -0.2) is 17.1 Å². The van der Waals surface area contributed by atoms with Crippen molar-refractivity contribution >= 4 is 38.4 Å². The van der Waals surface area contributed by atoms with Crippen molar-refractivity contribution in [1.29, 1.82) is 0 Å². The number of fused-ring (bicyclic) bond motifs is 1. The molecular formula is C17H11BrClF3N2O. The van der Waals surface area contributed by atoms with E-state index in [1.165, 1.54) is 19.4 Å². The van der Waals surface area contributed by atoms with Crippen molar-refractivity contribution < 1.29 is 17.9 Å². The smallest absolute Gasteiger partial charge is 0.433 e. The molecule has 0 spiro atoms. The van der Waals surface area contributed by atoms with E-state index in [4.69, 9.17) is 16.3 Å². The van der Waals surface area contributed by atoms with Gasteiger partial charge in [0.25, 0.3) is 0 Å². The summed E-state index contributed by atoms with van der Waals surface area (Å²) in [5.74, 6) is 0.333. The fourth-order valence-corrected chi connectivity index (χ4v) is 3.10. The minimum absolute atomic E-state index is 0.253. The summed E-state index contributed by atoms with van der Waals surface area (Å²) in [6, 6.07) is 7.79. The van der Waals surface area contributed by atoms with E-state index in [1.807, 2.05) is 12.1 Å². The van der Waals surface area contributed by atoms with Gasteiger partial charge in [-0.15, -0.1) is 0 Å². The van der Waals surface area contributed by atoms with Gasteiger partial charge in [0.1, 0.15) is 5.69 Å². The van der Waals surface area contributed by atoms with Gasteiger partial charge in [-0.25, -0.2) is 4.98 Å². The van der Waals surface area contributed by atoms with Crippen LogP contribution in [0.2, 0.25) is 5.02 Å². The van der Waals surface area contributed by atoms with E-state index in [-0.39, 0.29) is 6.42 Å². The summed E-state index contributed by atoms with van der Waals surface area (Å²) in [5, 5.41) is 1.18. The monoisotopic (exact) mass is 430 g/mol. The van der Waals surface area contributed by atoms with Gasteiger partial charge in [-0.05, 0) is 29.8 Å². The van der Waals surface area contributed by atoms with Gasteiger partial charge in [-0.3, -0.25) is 4.98 Å². The molecule has 130 valence electrons. The molecule has 0 amide bonds. The highest BCUT2D eigenvalue weighted by Crippen LogP contribution is 2.35. The van der Waals surface area contributed by atoms with Crippen LogP contribution in [0.5, 0.6) is 5.88 Å². The third kappa shape index (κ3) is 3.72. The zero-order valence-electron chi connectivity index (χ0n) is 12.9. The molecule has 0 aliphatic carbocycles. The number of benzene rings is 1. The van der Waals surface area contributed by atoms with Gasteiger partial charge in [-0.2, -0.15) is 13.2 Å². The first kappa shape index (κ1) is 17.9. The molecule has 0 unspecified atom stereocenters. The second-order valence-electron chi connectivity index (χ2n) is 5.30. The Kier molecular flexibility index (Phi) is 4.88. The maximum absolute atomic E-state index is 12.6. The quantitative estimate of drug-likeness (QED) is 0.536. The number of halogens is 5. The number of aromatic nitrogens is 2. The third-order valence-electron chi connectivity index (χ3n) is 3.63. The fourth-order valence-electron chi connectivity index (χ4n) is 2.44. The highest BCUT2D eigenvalue weighted by atomic mass is 79.9. The third-order valence-corrected chi connectivity index (χ3v) is 4.55. The molecule has 0 N–H and O–H groups in total. The van der Waals surface area contributed by atoms with Crippen molar-refractivity contribution in [2.75, 3.05) is 7.11 Å². The predicted octanol–water partition coefficient (Wildman–Crippen LogP) is 5.66. The molecule has 0 bridgehead atoms. The van der Waals surface area contributed by atoms with Crippen LogP contribution in [0, 0.1) is 0 Å². The molecule has 0 aliphatic rings. The Morgan fingerprint density at radius 2 is 1.96 bits per heavy atom. The molecule has 2 heterocycles. The van der Waals surface area contributed by atoms with Gasteiger partial charge in [0.15, 0.2) is 0 Å². The van der Waals surface area contributed by atoms with Crippen LogP contribution in [0.4, 0.5) is 13.2 Å². The molecule has 0 aliphatic heterocycles. The van der Waals surface area contributed by atoms with Gasteiger partial charge in [0, 0.05) is 28.0 Å². The molecule has 3 rings (SSSR count). The minimum atomic E-state index is -4.47. The molecule has 0 fully saturated rings. The molecule has 0 saturated heterocycles. The summed E-state index contributed by atoms with van der Waals surface area (Å²) < 4.78 is 44.0. The minimum Gasteiger partial charge on any atom is -0.481 e. The normalized spacial score (nSPS) is 11.8. The van der Waals surface area contributed by atoms with Gasteiger partial charge >= 0.3 is 6.18 Å². The van der Waals surface area contributed by atoms with Crippen molar-refractivity contribution in [3.63, 3.8) is 0 Å². The maximum atomic E-state index is 12.6. The lowest BCUT2D eigenvalue weighted by Gasteiger charge is -2.13. The van der Waals surface area contributed by atoms with E-state index in [0.29, 0.717) is 27.5 Å². The lowest BCUT2D eigenvalue weighted by Crippen LogP contribution is -2.08. The van der Waals surface area contributed by atoms with E-state index in [2.05, 4.69) is 25.9 Å². The maximum Gasteiger partial charge on any atom is 0.433 e. The summed E-state index contributed by atoms with van der Waals surface area (Å²) in [5.41, 5.74) is 0.898. The average molecular weight is 432 g/mol. The Balaban J connectivity index is 2.04. The number of pyridine rings is 2. The summed E-state index contributed by atoms with van der Waals surface area (Å²) in [4.78, 5) is 7.89. The van der Waals surface area contributed by atoms with Crippen molar-refractivity contribution in [2.24, 2.45) is 0 Å². The highest BCUT2D eigenvalue weighted by Gasteiger charge is 2.32. The molecule has 0 saturated carbocycles. The topological polar surface area (TPSA) is 35.0 Å². The van der Waals surface area contributed by atoms with Crippen LogP contribution < -0.4 is 4.74 Å². The Labute approximate surface area is 154 Å². The first-order chi connectivity index (χ1) is 11.8. The summed E-state index contributed by atoms with van der Waals surface area (Å²) >= 11 is 9.90. The molecule has 3 nitrogen and oxygen atoms in total. The SMILES string of the molecule is COc1nc2ccc(Br)cc2c(Cl)c1Cc1ccc(C(F)(F)F)nc1. The van der Waals surface area contributed by atoms with Crippen molar-refractivity contribution in [2.45, 2.75) is 12.6 Å². The molecule has 25 heavy (non-hydrogen) atoms. The second kappa shape index (κ2) is 6.80. The average Bonchev–Trinajstić information content (AvgIpc) is 2.57.